The van der Waals surface area contributed by atoms with E-state index in [0.29, 0.717) is 27.8 Å². The number of ether oxygens (including phenoxy) is 2. The number of carbonyl (C=O) groups is 1. The lowest BCUT2D eigenvalue weighted by atomic mass is 9.91. The van der Waals surface area contributed by atoms with Gasteiger partial charge in [0.25, 0.3) is 0 Å². The number of fused-ring (bicyclic) bond motifs is 2. The van der Waals surface area contributed by atoms with Crippen molar-refractivity contribution in [1.82, 2.24) is 4.98 Å². The highest BCUT2D eigenvalue weighted by Gasteiger charge is 2.38. The summed E-state index contributed by atoms with van der Waals surface area (Å²) >= 11 is 2.07. The van der Waals surface area contributed by atoms with E-state index in [4.69, 9.17) is 9.47 Å². The third-order valence-electron chi connectivity index (χ3n) is 4.16. The number of aromatic nitrogens is 1. The molecule has 2 aliphatic rings. The zero-order valence-corrected chi connectivity index (χ0v) is 12.6. The number of hydrogen-bond donors (Lipinski definition) is 0. The molecule has 0 radical (unpaired) electrons. The molecule has 2 bridgehead atoms. The molecule has 4 nitrogen and oxygen atoms in total. The van der Waals surface area contributed by atoms with Gasteiger partial charge < -0.3 is 9.47 Å². The van der Waals surface area contributed by atoms with Crippen LogP contribution in [0.15, 0.2) is 12.1 Å². The Balaban J connectivity index is 1.83. The molecule has 0 amide bonds. The van der Waals surface area contributed by atoms with E-state index in [2.05, 4.69) is 16.7 Å². The molecule has 2 unspecified atom stereocenters. The fourth-order valence-electron chi connectivity index (χ4n) is 3.17. The standard InChI is InChI=1S/C15H19NO3S/c1-18-13-6-5-12(15(16-13)19-2)14(17)9-7-10-3-4-11(8-9)20-10/h5-6,9-11H,3-4,7-8H2,1-2H3. The Morgan fingerprint density at radius 1 is 1.20 bits per heavy atom. The molecular weight excluding hydrogens is 274 g/mol. The summed E-state index contributed by atoms with van der Waals surface area (Å²) in [6.07, 6.45) is 4.51. The van der Waals surface area contributed by atoms with E-state index in [1.54, 1.807) is 26.4 Å². The molecule has 0 saturated carbocycles. The molecule has 0 aliphatic carbocycles. The lowest BCUT2D eigenvalue weighted by Crippen LogP contribution is -2.25. The summed E-state index contributed by atoms with van der Waals surface area (Å²) < 4.78 is 10.3. The van der Waals surface area contributed by atoms with Crippen LogP contribution >= 0.6 is 11.8 Å². The number of carbonyl (C=O) groups excluding carboxylic acids is 1. The fraction of sp³-hybridized carbons (Fsp3) is 0.600. The van der Waals surface area contributed by atoms with Gasteiger partial charge in [-0.05, 0) is 31.7 Å². The van der Waals surface area contributed by atoms with E-state index in [9.17, 15) is 4.79 Å². The quantitative estimate of drug-likeness (QED) is 0.799. The van der Waals surface area contributed by atoms with Gasteiger partial charge in [-0.2, -0.15) is 16.7 Å². The third-order valence-corrected chi connectivity index (χ3v) is 5.79. The molecule has 1 aromatic heterocycles. The molecule has 0 N–H and O–H groups in total. The van der Waals surface area contributed by atoms with Crippen molar-refractivity contribution in [2.45, 2.75) is 36.2 Å². The Morgan fingerprint density at radius 3 is 2.50 bits per heavy atom. The second-order valence-corrected chi connectivity index (χ2v) is 7.01. The third kappa shape index (κ3) is 2.51. The van der Waals surface area contributed by atoms with Crippen LogP contribution < -0.4 is 9.47 Å². The summed E-state index contributed by atoms with van der Waals surface area (Å²) in [5.74, 6) is 1.14. The van der Waals surface area contributed by atoms with E-state index in [-0.39, 0.29) is 11.7 Å². The van der Waals surface area contributed by atoms with Crippen molar-refractivity contribution >= 4 is 17.5 Å². The molecule has 0 spiro atoms. The average molecular weight is 293 g/mol. The Morgan fingerprint density at radius 2 is 1.90 bits per heavy atom. The Bertz CT molecular complexity index is 508. The number of pyridine rings is 1. The van der Waals surface area contributed by atoms with Crippen molar-refractivity contribution in [2.75, 3.05) is 14.2 Å². The number of ketones is 1. The van der Waals surface area contributed by atoms with Gasteiger partial charge in [-0.15, -0.1) is 0 Å². The highest BCUT2D eigenvalue weighted by Crippen LogP contribution is 2.46. The molecule has 5 heteroatoms. The monoisotopic (exact) mass is 293 g/mol. The first-order valence-corrected chi connectivity index (χ1v) is 7.94. The topological polar surface area (TPSA) is 48.4 Å². The van der Waals surface area contributed by atoms with Gasteiger partial charge in [-0.1, -0.05) is 0 Å². The zero-order chi connectivity index (χ0) is 14.1. The molecule has 0 aromatic carbocycles. The number of rotatable bonds is 4. The lowest BCUT2D eigenvalue weighted by molar-refractivity contribution is 0.0903. The molecular formula is C15H19NO3S. The van der Waals surface area contributed by atoms with Crippen LogP contribution in [-0.4, -0.2) is 35.5 Å². The minimum absolute atomic E-state index is 0.123. The van der Waals surface area contributed by atoms with E-state index >= 15 is 0 Å². The molecule has 2 fully saturated rings. The number of thioether (sulfide) groups is 1. The average Bonchev–Trinajstić information content (AvgIpc) is 2.84. The van der Waals surface area contributed by atoms with Crippen molar-refractivity contribution in [3.8, 4) is 11.8 Å². The number of nitrogens with zero attached hydrogens (tertiary/aromatic N) is 1. The van der Waals surface area contributed by atoms with Crippen LogP contribution in [0.2, 0.25) is 0 Å². The van der Waals surface area contributed by atoms with Gasteiger partial charge >= 0.3 is 0 Å². The van der Waals surface area contributed by atoms with Crippen molar-refractivity contribution in [3.05, 3.63) is 17.7 Å². The van der Waals surface area contributed by atoms with Crippen LogP contribution in [0.3, 0.4) is 0 Å². The van der Waals surface area contributed by atoms with E-state index < -0.39 is 0 Å². The molecule has 2 atom stereocenters. The van der Waals surface area contributed by atoms with Crippen molar-refractivity contribution < 1.29 is 14.3 Å². The highest BCUT2D eigenvalue weighted by atomic mass is 32.2. The predicted molar refractivity (Wildman–Crippen MR) is 78.8 cm³/mol. The van der Waals surface area contributed by atoms with Crippen LogP contribution in [0.5, 0.6) is 11.8 Å². The number of methoxy groups -OCH3 is 2. The van der Waals surface area contributed by atoms with Gasteiger partial charge in [-0.3, -0.25) is 4.79 Å². The van der Waals surface area contributed by atoms with Crippen molar-refractivity contribution in [1.29, 1.82) is 0 Å². The van der Waals surface area contributed by atoms with E-state index in [1.807, 2.05) is 0 Å². The van der Waals surface area contributed by atoms with E-state index in [0.717, 1.165) is 12.8 Å². The minimum Gasteiger partial charge on any atom is -0.481 e. The summed E-state index contributed by atoms with van der Waals surface area (Å²) in [5, 5.41) is 1.33. The smallest absolute Gasteiger partial charge is 0.227 e. The first kappa shape index (κ1) is 13.7. The summed E-state index contributed by atoms with van der Waals surface area (Å²) in [6, 6.07) is 3.50. The van der Waals surface area contributed by atoms with Gasteiger partial charge in [-0.25, -0.2) is 0 Å². The molecule has 1 aromatic rings. The van der Waals surface area contributed by atoms with Gasteiger partial charge in [0.15, 0.2) is 5.78 Å². The van der Waals surface area contributed by atoms with Crippen molar-refractivity contribution in [3.63, 3.8) is 0 Å². The summed E-state index contributed by atoms with van der Waals surface area (Å²) in [6.45, 7) is 0. The summed E-state index contributed by atoms with van der Waals surface area (Å²) in [5.41, 5.74) is 0.588. The Hall–Kier alpha value is -1.23. The minimum atomic E-state index is 0.123. The second kappa shape index (κ2) is 5.64. The zero-order valence-electron chi connectivity index (χ0n) is 11.8. The summed E-state index contributed by atoms with van der Waals surface area (Å²) in [4.78, 5) is 16.9. The molecule has 20 heavy (non-hydrogen) atoms. The summed E-state index contributed by atoms with van der Waals surface area (Å²) in [7, 11) is 3.10. The number of Topliss-reactive ketones (excluding diaryl/α,β-unsaturated/α-hetero) is 1. The van der Waals surface area contributed by atoms with Crippen LogP contribution in [0.25, 0.3) is 0 Å². The second-order valence-electron chi connectivity index (χ2n) is 5.40. The van der Waals surface area contributed by atoms with Crippen molar-refractivity contribution in [2.24, 2.45) is 5.92 Å². The maximum absolute atomic E-state index is 12.7. The maximum atomic E-state index is 12.7. The maximum Gasteiger partial charge on any atom is 0.227 e. The van der Waals surface area contributed by atoms with Crippen LogP contribution in [-0.2, 0) is 0 Å². The molecule has 2 saturated heterocycles. The Labute approximate surface area is 123 Å². The van der Waals surface area contributed by atoms with Gasteiger partial charge in [0.2, 0.25) is 11.8 Å². The molecule has 3 rings (SSSR count). The van der Waals surface area contributed by atoms with E-state index in [1.165, 1.54) is 12.8 Å². The lowest BCUT2D eigenvalue weighted by Gasteiger charge is -2.26. The first-order chi connectivity index (χ1) is 9.71. The van der Waals surface area contributed by atoms with Gasteiger partial charge in [0, 0.05) is 22.5 Å². The Kier molecular flexibility index (Phi) is 3.87. The first-order valence-electron chi connectivity index (χ1n) is 7.00. The molecule has 108 valence electrons. The van der Waals surface area contributed by atoms with Crippen LogP contribution in [0.1, 0.15) is 36.0 Å². The molecule has 3 heterocycles. The predicted octanol–water partition coefficient (Wildman–Crippen LogP) is 2.96. The largest absolute Gasteiger partial charge is 0.481 e. The fourth-order valence-corrected chi connectivity index (χ4v) is 4.95. The number of hydrogen-bond acceptors (Lipinski definition) is 5. The highest BCUT2D eigenvalue weighted by molar-refractivity contribution is 8.00. The van der Waals surface area contributed by atoms with Gasteiger partial charge in [0.05, 0.1) is 19.8 Å². The normalized spacial score (nSPS) is 28.2. The molecule has 2 aliphatic heterocycles. The van der Waals surface area contributed by atoms with Crippen LogP contribution in [0.4, 0.5) is 0 Å². The van der Waals surface area contributed by atoms with Gasteiger partial charge in [0.1, 0.15) is 0 Å². The SMILES string of the molecule is COc1ccc(C(=O)C2CC3CCC(C2)S3)c(OC)n1. The van der Waals surface area contributed by atoms with Crippen LogP contribution in [0, 0.1) is 5.92 Å².